The van der Waals surface area contributed by atoms with Gasteiger partial charge in [-0.15, -0.1) is 0 Å². The molecule has 0 aliphatic carbocycles. The smallest absolute Gasteiger partial charge is 0.260 e. The third-order valence-corrected chi connectivity index (χ3v) is 4.38. The number of benzene rings is 2. The number of carbonyl (C=O) groups is 1. The average molecular weight is 366 g/mol. The lowest BCUT2D eigenvalue weighted by Crippen LogP contribution is -2.44. The summed E-state index contributed by atoms with van der Waals surface area (Å²) in [6, 6.07) is 14.8. The van der Waals surface area contributed by atoms with Gasteiger partial charge in [-0.25, -0.2) is 0 Å². The van der Waals surface area contributed by atoms with E-state index in [-0.39, 0.29) is 18.6 Å². The van der Waals surface area contributed by atoms with E-state index >= 15 is 0 Å². The molecule has 1 saturated heterocycles. The molecular weight excluding hydrogens is 349 g/mol. The molecule has 6 heteroatoms. The second kappa shape index (κ2) is 7.88. The summed E-state index contributed by atoms with van der Waals surface area (Å²) in [5.74, 6) is 0.306. The summed E-state index contributed by atoms with van der Waals surface area (Å²) in [7, 11) is 0. The highest BCUT2D eigenvalue weighted by Gasteiger charge is 2.25. The van der Waals surface area contributed by atoms with Gasteiger partial charge in [-0.2, -0.15) is 0 Å². The van der Waals surface area contributed by atoms with Crippen LogP contribution in [-0.2, 0) is 9.53 Å². The van der Waals surface area contributed by atoms with Gasteiger partial charge < -0.3 is 14.4 Å². The molecule has 2 aromatic carbocycles. The topological polar surface area (TPSA) is 38.8 Å². The van der Waals surface area contributed by atoms with Gasteiger partial charge in [-0.05, 0) is 17.7 Å². The van der Waals surface area contributed by atoms with Gasteiger partial charge in [0.05, 0.1) is 18.2 Å². The highest BCUT2D eigenvalue weighted by molar-refractivity contribution is 6.34. The Morgan fingerprint density at radius 2 is 2.00 bits per heavy atom. The molecule has 0 bridgehead atoms. The van der Waals surface area contributed by atoms with Gasteiger partial charge in [-0.3, -0.25) is 4.79 Å². The molecule has 1 atom stereocenters. The molecule has 126 valence electrons. The van der Waals surface area contributed by atoms with Crippen molar-refractivity contribution in [2.45, 2.75) is 6.10 Å². The fourth-order valence-electron chi connectivity index (χ4n) is 2.56. The number of halogens is 2. The first-order valence-electron chi connectivity index (χ1n) is 7.65. The maximum Gasteiger partial charge on any atom is 0.260 e. The Bertz CT molecular complexity index is 709. The van der Waals surface area contributed by atoms with E-state index in [1.807, 2.05) is 30.3 Å². The normalized spacial score (nSPS) is 17.6. The largest absolute Gasteiger partial charge is 0.482 e. The van der Waals surface area contributed by atoms with Crippen LogP contribution in [0.2, 0.25) is 10.0 Å². The van der Waals surface area contributed by atoms with Crippen LogP contribution in [0.4, 0.5) is 0 Å². The van der Waals surface area contributed by atoms with Crippen molar-refractivity contribution in [2.75, 3.05) is 26.3 Å². The van der Waals surface area contributed by atoms with Crippen LogP contribution < -0.4 is 4.74 Å². The van der Waals surface area contributed by atoms with E-state index in [1.165, 1.54) is 0 Å². The zero-order valence-corrected chi connectivity index (χ0v) is 14.5. The third-order valence-electron chi connectivity index (χ3n) is 3.83. The van der Waals surface area contributed by atoms with Crippen molar-refractivity contribution in [3.63, 3.8) is 0 Å². The molecule has 3 rings (SSSR count). The van der Waals surface area contributed by atoms with Crippen molar-refractivity contribution >= 4 is 29.1 Å². The second-order valence-electron chi connectivity index (χ2n) is 5.47. The minimum Gasteiger partial charge on any atom is -0.482 e. The summed E-state index contributed by atoms with van der Waals surface area (Å²) in [6.45, 7) is 1.48. The number of rotatable bonds is 4. The first-order valence-corrected chi connectivity index (χ1v) is 8.41. The zero-order valence-electron chi connectivity index (χ0n) is 13.0. The zero-order chi connectivity index (χ0) is 16.9. The van der Waals surface area contributed by atoms with Crippen LogP contribution in [0.15, 0.2) is 48.5 Å². The number of amides is 1. The first-order chi connectivity index (χ1) is 11.6. The fraction of sp³-hybridized carbons (Fsp3) is 0.278. The lowest BCUT2D eigenvalue weighted by atomic mass is 10.1. The van der Waals surface area contributed by atoms with Gasteiger partial charge in [0.25, 0.3) is 5.91 Å². The lowest BCUT2D eigenvalue weighted by Gasteiger charge is -2.33. The minimum absolute atomic E-state index is 0.0818. The highest BCUT2D eigenvalue weighted by atomic mass is 35.5. The third kappa shape index (κ3) is 4.20. The number of ether oxygens (including phenoxy) is 2. The van der Waals surface area contributed by atoms with Gasteiger partial charge in [0.15, 0.2) is 6.61 Å². The molecule has 0 unspecified atom stereocenters. The van der Waals surface area contributed by atoms with Crippen LogP contribution in [-0.4, -0.2) is 37.1 Å². The molecule has 1 heterocycles. The Hall–Kier alpha value is -1.75. The Kier molecular flexibility index (Phi) is 5.61. The van der Waals surface area contributed by atoms with E-state index in [1.54, 1.807) is 23.1 Å². The fourth-order valence-corrected chi connectivity index (χ4v) is 2.90. The molecule has 24 heavy (non-hydrogen) atoms. The maximum absolute atomic E-state index is 12.4. The number of hydrogen-bond acceptors (Lipinski definition) is 3. The van der Waals surface area contributed by atoms with Gasteiger partial charge in [-0.1, -0.05) is 53.5 Å². The molecule has 1 amide bonds. The predicted molar refractivity (Wildman–Crippen MR) is 93.7 cm³/mol. The lowest BCUT2D eigenvalue weighted by molar-refractivity contribution is -0.141. The Labute approximate surface area is 150 Å². The maximum atomic E-state index is 12.4. The number of hydrogen-bond donors (Lipinski definition) is 0. The molecule has 0 saturated carbocycles. The summed E-state index contributed by atoms with van der Waals surface area (Å²) in [6.07, 6.45) is -0.112. The van der Waals surface area contributed by atoms with Crippen molar-refractivity contribution in [1.29, 1.82) is 0 Å². The van der Waals surface area contributed by atoms with Gasteiger partial charge >= 0.3 is 0 Å². The molecule has 0 N–H and O–H groups in total. The number of carbonyl (C=O) groups excluding carboxylic acids is 1. The molecule has 1 fully saturated rings. The van der Waals surface area contributed by atoms with Crippen LogP contribution in [0.5, 0.6) is 5.75 Å². The monoisotopic (exact) mass is 365 g/mol. The molecular formula is C18H17Cl2NO3. The van der Waals surface area contributed by atoms with Crippen LogP contribution in [0.3, 0.4) is 0 Å². The Morgan fingerprint density at radius 3 is 2.79 bits per heavy atom. The standard InChI is InChI=1S/C18H17Cl2NO3/c19-14-6-7-15(20)16(10-14)24-12-18(22)21-8-9-23-17(11-21)13-4-2-1-3-5-13/h1-7,10,17H,8-9,11-12H2/t17-/m1/s1. The molecule has 0 radical (unpaired) electrons. The first kappa shape index (κ1) is 17.1. The molecule has 4 nitrogen and oxygen atoms in total. The van der Waals surface area contributed by atoms with Crippen molar-refractivity contribution in [1.82, 2.24) is 4.90 Å². The van der Waals surface area contributed by atoms with Gasteiger partial charge in [0.1, 0.15) is 11.9 Å². The summed E-state index contributed by atoms with van der Waals surface area (Å²) in [5.41, 5.74) is 1.06. The van der Waals surface area contributed by atoms with Crippen LogP contribution in [0, 0.1) is 0 Å². The SMILES string of the molecule is O=C(COc1cc(Cl)ccc1Cl)N1CCO[C@@H](c2ccccc2)C1. The van der Waals surface area contributed by atoms with E-state index < -0.39 is 0 Å². The van der Waals surface area contributed by atoms with Crippen molar-refractivity contribution in [3.05, 3.63) is 64.1 Å². The van der Waals surface area contributed by atoms with Crippen molar-refractivity contribution in [3.8, 4) is 5.75 Å². The van der Waals surface area contributed by atoms with Gasteiger partial charge in [0.2, 0.25) is 0 Å². The van der Waals surface area contributed by atoms with Crippen molar-refractivity contribution < 1.29 is 14.3 Å². The van der Waals surface area contributed by atoms with Gasteiger partial charge in [0, 0.05) is 17.6 Å². The second-order valence-corrected chi connectivity index (χ2v) is 6.32. The van der Waals surface area contributed by atoms with E-state index in [4.69, 9.17) is 32.7 Å². The van der Waals surface area contributed by atoms with E-state index in [2.05, 4.69) is 0 Å². The highest BCUT2D eigenvalue weighted by Crippen LogP contribution is 2.28. The van der Waals surface area contributed by atoms with E-state index in [0.717, 1.165) is 5.56 Å². The van der Waals surface area contributed by atoms with Crippen LogP contribution >= 0.6 is 23.2 Å². The summed E-state index contributed by atoms with van der Waals surface area (Å²) in [4.78, 5) is 14.2. The summed E-state index contributed by atoms with van der Waals surface area (Å²) in [5, 5.41) is 0.939. The Balaban J connectivity index is 1.59. The average Bonchev–Trinajstić information content (AvgIpc) is 2.63. The minimum atomic E-state index is -0.112. The summed E-state index contributed by atoms with van der Waals surface area (Å²) < 4.78 is 11.3. The van der Waals surface area contributed by atoms with Crippen molar-refractivity contribution in [2.24, 2.45) is 0 Å². The van der Waals surface area contributed by atoms with E-state index in [9.17, 15) is 4.79 Å². The number of morpholine rings is 1. The van der Waals surface area contributed by atoms with E-state index in [0.29, 0.717) is 35.5 Å². The predicted octanol–water partition coefficient (Wildman–Crippen LogP) is 3.97. The van der Waals surface area contributed by atoms with Crippen LogP contribution in [0.25, 0.3) is 0 Å². The summed E-state index contributed by atoms with van der Waals surface area (Å²) >= 11 is 12.0. The van der Waals surface area contributed by atoms with Crippen LogP contribution in [0.1, 0.15) is 11.7 Å². The number of nitrogens with zero attached hydrogens (tertiary/aromatic N) is 1. The molecule has 2 aromatic rings. The molecule has 1 aliphatic heterocycles. The molecule has 0 aromatic heterocycles. The molecule has 0 spiro atoms. The molecule has 1 aliphatic rings. The Morgan fingerprint density at radius 1 is 1.21 bits per heavy atom. The quantitative estimate of drug-likeness (QED) is 0.822.